The Hall–Kier alpha value is -1.91. The summed E-state index contributed by atoms with van der Waals surface area (Å²) < 4.78 is 1.66. The zero-order valence-electron chi connectivity index (χ0n) is 7.85. The second-order valence-electron chi connectivity index (χ2n) is 3.05. The number of carbonyl (C=O) groups is 1. The van der Waals surface area contributed by atoms with Crippen LogP contribution in [-0.4, -0.2) is 25.4 Å². The molecular formula is C9H9N3O2. The van der Waals surface area contributed by atoms with Crippen LogP contribution >= 0.6 is 0 Å². The maximum atomic E-state index is 11.0. The first-order chi connectivity index (χ1) is 6.61. The summed E-state index contributed by atoms with van der Waals surface area (Å²) in [5.74, 6) is -0.258. The first kappa shape index (κ1) is 8.68. The van der Waals surface area contributed by atoms with Crippen molar-refractivity contribution >= 4 is 11.6 Å². The van der Waals surface area contributed by atoms with Crippen molar-refractivity contribution in [3.63, 3.8) is 0 Å². The molecule has 0 saturated carbocycles. The van der Waals surface area contributed by atoms with Crippen molar-refractivity contribution in [2.45, 2.75) is 13.8 Å². The second kappa shape index (κ2) is 2.80. The molecule has 0 saturated heterocycles. The third kappa shape index (κ3) is 1.06. The van der Waals surface area contributed by atoms with E-state index in [0.717, 1.165) is 5.82 Å². The molecule has 14 heavy (non-hydrogen) atoms. The summed E-state index contributed by atoms with van der Waals surface area (Å²) in [6, 6.07) is 0. The van der Waals surface area contributed by atoms with Crippen LogP contribution in [0, 0.1) is 13.8 Å². The largest absolute Gasteiger partial charge is 0.477 e. The van der Waals surface area contributed by atoms with Gasteiger partial charge in [-0.2, -0.15) is 0 Å². The van der Waals surface area contributed by atoms with Gasteiger partial charge >= 0.3 is 5.97 Å². The van der Waals surface area contributed by atoms with Crippen molar-refractivity contribution < 1.29 is 9.90 Å². The molecule has 0 aromatic carbocycles. The molecule has 0 spiro atoms. The average molecular weight is 191 g/mol. The van der Waals surface area contributed by atoms with Crippen molar-refractivity contribution in [3.05, 3.63) is 29.5 Å². The van der Waals surface area contributed by atoms with Gasteiger partial charge in [0.25, 0.3) is 0 Å². The zero-order chi connectivity index (χ0) is 10.3. The van der Waals surface area contributed by atoms with Gasteiger partial charge in [0.05, 0.1) is 5.69 Å². The van der Waals surface area contributed by atoms with Gasteiger partial charge in [0.15, 0.2) is 5.65 Å². The molecule has 0 radical (unpaired) electrons. The molecule has 5 heteroatoms. The second-order valence-corrected chi connectivity index (χ2v) is 3.05. The Morgan fingerprint density at radius 3 is 2.86 bits per heavy atom. The third-order valence-electron chi connectivity index (χ3n) is 2.12. The molecule has 0 fully saturated rings. The molecule has 2 rings (SSSR count). The Bertz CT molecular complexity index is 516. The summed E-state index contributed by atoms with van der Waals surface area (Å²) in [6.45, 7) is 3.48. The van der Waals surface area contributed by atoms with Gasteiger partial charge in [0.2, 0.25) is 0 Å². The van der Waals surface area contributed by atoms with E-state index in [1.54, 1.807) is 23.7 Å². The first-order valence-electron chi connectivity index (χ1n) is 4.15. The number of hydrogen-bond acceptors (Lipinski definition) is 3. The van der Waals surface area contributed by atoms with Gasteiger partial charge in [-0.1, -0.05) is 0 Å². The van der Waals surface area contributed by atoms with Gasteiger partial charge in [0.1, 0.15) is 11.4 Å². The Labute approximate surface area is 80.0 Å². The van der Waals surface area contributed by atoms with Crippen molar-refractivity contribution in [1.29, 1.82) is 0 Å². The number of aryl methyl sites for hydroxylation is 2. The Balaban J connectivity index is 2.93. The number of rotatable bonds is 1. The maximum absolute atomic E-state index is 11.0. The smallest absolute Gasteiger partial charge is 0.341 e. The highest BCUT2D eigenvalue weighted by atomic mass is 16.4. The fourth-order valence-corrected chi connectivity index (χ4v) is 1.51. The number of aromatic carboxylic acids is 1. The van der Waals surface area contributed by atoms with Crippen LogP contribution in [0.2, 0.25) is 0 Å². The van der Waals surface area contributed by atoms with E-state index in [4.69, 9.17) is 5.11 Å². The number of carboxylic acids is 1. The Morgan fingerprint density at radius 2 is 2.21 bits per heavy atom. The minimum absolute atomic E-state index is 0.167. The monoisotopic (exact) mass is 191 g/mol. The predicted molar refractivity (Wildman–Crippen MR) is 49.4 cm³/mol. The molecule has 0 unspecified atom stereocenters. The predicted octanol–water partition coefficient (Wildman–Crippen LogP) is 1.04. The number of imidazole rings is 1. The molecule has 0 amide bonds. The van der Waals surface area contributed by atoms with E-state index in [9.17, 15) is 4.79 Å². The van der Waals surface area contributed by atoms with Crippen LogP contribution in [0.4, 0.5) is 0 Å². The van der Waals surface area contributed by atoms with Gasteiger partial charge in [-0.05, 0) is 13.8 Å². The van der Waals surface area contributed by atoms with E-state index >= 15 is 0 Å². The van der Waals surface area contributed by atoms with Crippen LogP contribution in [0.3, 0.4) is 0 Å². The van der Waals surface area contributed by atoms with Gasteiger partial charge in [-0.15, -0.1) is 0 Å². The normalized spacial score (nSPS) is 10.7. The highest BCUT2D eigenvalue weighted by Crippen LogP contribution is 2.13. The van der Waals surface area contributed by atoms with Crippen LogP contribution in [0.25, 0.3) is 5.65 Å². The molecule has 1 N–H and O–H groups in total. The third-order valence-corrected chi connectivity index (χ3v) is 2.12. The molecule has 72 valence electrons. The van der Waals surface area contributed by atoms with Crippen LogP contribution in [0.15, 0.2) is 12.4 Å². The van der Waals surface area contributed by atoms with E-state index in [2.05, 4.69) is 9.97 Å². The minimum atomic E-state index is -0.994. The quantitative estimate of drug-likeness (QED) is 0.731. The van der Waals surface area contributed by atoms with E-state index in [1.165, 1.54) is 0 Å². The number of fused-ring (bicyclic) bond motifs is 1. The fourth-order valence-electron chi connectivity index (χ4n) is 1.51. The topological polar surface area (TPSA) is 67.5 Å². The van der Waals surface area contributed by atoms with E-state index in [-0.39, 0.29) is 5.56 Å². The Kier molecular flexibility index (Phi) is 1.73. The van der Waals surface area contributed by atoms with Gasteiger partial charge in [-0.25, -0.2) is 14.8 Å². The lowest BCUT2D eigenvalue weighted by atomic mass is 10.2. The van der Waals surface area contributed by atoms with Gasteiger partial charge < -0.3 is 5.11 Å². The zero-order valence-corrected chi connectivity index (χ0v) is 7.85. The fraction of sp³-hybridized carbons (Fsp3) is 0.222. The first-order valence-corrected chi connectivity index (χ1v) is 4.15. The molecule has 2 aromatic rings. The summed E-state index contributed by atoms with van der Waals surface area (Å²) in [5, 5.41) is 8.98. The van der Waals surface area contributed by atoms with Crippen molar-refractivity contribution in [3.8, 4) is 0 Å². The van der Waals surface area contributed by atoms with Crippen LogP contribution < -0.4 is 0 Å². The summed E-state index contributed by atoms with van der Waals surface area (Å²) in [7, 11) is 0. The molecular weight excluding hydrogens is 182 g/mol. The van der Waals surface area contributed by atoms with Crippen LogP contribution in [-0.2, 0) is 0 Å². The lowest BCUT2D eigenvalue weighted by molar-refractivity contribution is 0.0697. The molecule has 2 aromatic heterocycles. The number of hydrogen-bond donors (Lipinski definition) is 1. The molecule has 2 heterocycles. The van der Waals surface area contributed by atoms with Crippen molar-refractivity contribution in [1.82, 2.24) is 14.4 Å². The molecule has 0 aliphatic carbocycles. The highest BCUT2D eigenvalue weighted by Gasteiger charge is 2.15. The molecule has 0 atom stereocenters. The maximum Gasteiger partial charge on any atom is 0.341 e. The number of carboxylic acid groups (broad SMARTS) is 1. The highest BCUT2D eigenvalue weighted by molar-refractivity contribution is 5.95. The lowest BCUT2D eigenvalue weighted by Gasteiger charge is -2.05. The summed E-state index contributed by atoms with van der Waals surface area (Å²) in [6.07, 6.45) is 3.26. The average Bonchev–Trinajstić information content (AvgIpc) is 2.51. The summed E-state index contributed by atoms with van der Waals surface area (Å²) in [4.78, 5) is 19.1. The van der Waals surface area contributed by atoms with E-state index in [0.29, 0.717) is 11.3 Å². The van der Waals surface area contributed by atoms with Crippen LogP contribution in [0.5, 0.6) is 0 Å². The number of aromatic nitrogens is 3. The van der Waals surface area contributed by atoms with E-state index < -0.39 is 5.97 Å². The molecule has 0 aliphatic rings. The summed E-state index contributed by atoms with van der Waals surface area (Å²) >= 11 is 0. The SMILES string of the molecule is Cc1nc(C)n2ccnc2c1C(=O)O. The molecule has 0 bridgehead atoms. The van der Waals surface area contributed by atoms with Crippen molar-refractivity contribution in [2.24, 2.45) is 0 Å². The molecule has 5 nitrogen and oxygen atoms in total. The van der Waals surface area contributed by atoms with Gasteiger partial charge in [-0.3, -0.25) is 4.40 Å². The number of nitrogens with zero attached hydrogens (tertiary/aromatic N) is 3. The summed E-state index contributed by atoms with van der Waals surface area (Å²) in [5.41, 5.74) is 1.11. The molecule has 0 aliphatic heterocycles. The minimum Gasteiger partial charge on any atom is -0.477 e. The Morgan fingerprint density at radius 1 is 1.50 bits per heavy atom. The van der Waals surface area contributed by atoms with Crippen LogP contribution in [0.1, 0.15) is 21.9 Å². The standard InChI is InChI=1S/C9H9N3O2/c1-5-7(9(13)14)8-10-3-4-12(8)6(2)11-5/h3-4H,1-2H3,(H,13,14). The van der Waals surface area contributed by atoms with E-state index in [1.807, 2.05) is 6.92 Å². The van der Waals surface area contributed by atoms with Gasteiger partial charge in [0, 0.05) is 12.4 Å². The lowest BCUT2D eigenvalue weighted by Crippen LogP contribution is -2.08. The van der Waals surface area contributed by atoms with Crippen molar-refractivity contribution in [2.75, 3.05) is 0 Å².